The maximum absolute atomic E-state index is 13.0. The van der Waals surface area contributed by atoms with Gasteiger partial charge in [-0.1, -0.05) is 37.3 Å². The molecule has 136 valence electrons. The van der Waals surface area contributed by atoms with E-state index in [1.54, 1.807) is 12.1 Å². The van der Waals surface area contributed by atoms with Crippen molar-refractivity contribution in [2.24, 2.45) is 5.41 Å². The van der Waals surface area contributed by atoms with Crippen LogP contribution in [0.2, 0.25) is 0 Å². The molecule has 1 fully saturated rings. The van der Waals surface area contributed by atoms with E-state index < -0.39 is 5.41 Å². The third-order valence-electron chi connectivity index (χ3n) is 4.96. The van der Waals surface area contributed by atoms with Gasteiger partial charge >= 0.3 is 0 Å². The van der Waals surface area contributed by atoms with Gasteiger partial charge in [0.25, 0.3) is 0 Å². The molecule has 0 radical (unpaired) electrons. The Morgan fingerprint density at radius 1 is 1.08 bits per heavy atom. The molecule has 4 nitrogen and oxygen atoms in total. The molecule has 3 rings (SSSR count). The molecule has 1 aliphatic rings. The summed E-state index contributed by atoms with van der Waals surface area (Å²) in [7, 11) is 0. The number of anilines is 1. The van der Waals surface area contributed by atoms with Gasteiger partial charge in [-0.2, -0.15) is 0 Å². The molecule has 0 heterocycles. The highest BCUT2D eigenvalue weighted by Crippen LogP contribution is 2.47. The number of hydrogen-bond donors (Lipinski definition) is 2. The van der Waals surface area contributed by atoms with Crippen LogP contribution in [0.5, 0.6) is 0 Å². The van der Waals surface area contributed by atoms with Crippen molar-refractivity contribution in [3.05, 3.63) is 65.0 Å². The topological polar surface area (TPSA) is 58.2 Å². The molecule has 0 unspecified atom stereocenters. The first-order valence-corrected chi connectivity index (χ1v) is 8.89. The highest BCUT2D eigenvalue weighted by molar-refractivity contribution is 6.13. The fraction of sp³-hybridized carbons (Fsp3) is 0.333. The van der Waals surface area contributed by atoms with Gasteiger partial charge < -0.3 is 10.6 Å². The quantitative estimate of drug-likeness (QED) is 0.777. The predicted octanol–water partition coefficient (Wildman–Crippen LogP) is 3.73. The van der Waals surface area contributed by atoms with Crippen LogP contribution in [0.15, 0.2) is 42.5 Å². The third-order valence-corrected chi connectivity index (χ3v) is 4.96. The van der Waals surface area contributed by atoms with Gasteiger partial charge in [0.15, 0.2) is 0 Å². The van der Waals surface area contributed by atoms with Crippen LogP contribution in [-0.4, -0.2) is 11.8 Å². The van der Waals surface area contributed by atoms with Crippen molar-refractivity contribution < 1.29 is 14.0 Å². The Bertz CT molecular complexity index is 826. The van der Waals surface area contributed by atoms with Gasteiger partial charge in [-0.3, -0.25) is 9.59 Å². The van der Waals surface area contributed by atoms with E-state index in [2.05, 4.69) is 10.6 Å². The Morgan fingerprint density at radius 3 is 2.38 bits per heavy atom. The minimum absolute atomic E-state index is 0.252. The molecule has 0 bridgehead atoms. The Balaban J connectivity index is 1.67. The summed E-state index contributed by atoms with van der Waals surface area (Å²) < 4.78 is 13.0. The molecule has 0 aliphatic heterocycles. The molecule has 2 aromatic rings. The molecule has 5 heteroatoms. The fourth-order valence-electron chi connectivity index (χ4n) is 3.07. The molecule has 1 aliphatic carbocycles. The van der Waals surface area contributed by atoms with Crippen molar-refractivity contribution in [1.29, 1.82) is 0 Å². The van der Waals surface area contributed by atoms with Crippen molar-refractivity contribution in [2.45, 2.75) is 39.7 Å². The van der Waals surface area contributed by atoms with Gasteiger partial charge in [-0.25, -0.2) is 4.39 Å². The lowest BCUT2D eigenvalue weighted by molar-refractivity contribution is -0.134. The van der Waals surface area contributed by atoms with E-state index in [-0.39, 0.29) is 24.2 Å². The molecule has 2 amide bonds. The first-order valence-electron chi connectivity index (χ1n) is 8.89. The largest absolute Gasteiger partial charge is 0.351 e. The second-order valence-electron chi connectivity index (χ2n) is 6.81. The van der Waals surface area contributed by atoms with Gasteiger partial charge in [-0.05, 0) is 55.0 Å². The zero-order valence-corrected chi connectivity index (χ0v) is 15.1. The minimum Gasteiger partial charge on any atom is -0.351 e. The van der Waals surface area contributed by atoms with Crippen LogP contribution < -0.4 is 10.6 Å². The van der Waals surface area contributed by atoms with Crippen LogP contribution in [0.3, 0.4) is 0 Å². The summed E-state index contributed by atoms with van der Waals surface area (Å²) >= 11 is 0. The smallest absolute Gasteiger partial charge is 0.240 e. The number of carbonyl (C=O) groups excluding carboxylic acids is 2. The van der Waals surface area contributed by atoms with Crippen LogP contribution in [-0.2, 0) is 22.6 Å². The second kappa shape index (κ2) is 7.28. The second-order valence-corrected chi connectivity index (χ2v) is 6.81. The number of aryl methyl sites for hydroxylation is 2. The van der Waals surface area contributed by atoms with Gasteiger partial charge in [-0.15, -0.1) is 0 Å². The lowest BCUT2D eigenvalue weighted by atomic mass is 10.0. The van der Waals surface area contributed by atoms with Gasteiger partial charge in [0.2, 0.25) is 11.8 Å². The van der Waals surface area contributed by atoms with E-state index in [4.69, 9.17) is 0 Å². The number of carbonyl (C=O) groups is 2. The average molecular weight is 354 g/mol. The SMILES string of the molecule is CCc1cccc(C)c1NC(=O)C1(C(=O)NCc2ccc(F)cc2)CC1. The van der Waals surface area contributed by atoms with E-state index in [1.807, 2.05) is 32.0 Å². The Labute approximate surface area is 152 Å². The van der Waals surface area contributed by atoms with Crippen LogP contribution in [0, 0.1) is 18.2 Å². The van der Waals surface area contributed by atoms with Crippen LogP contribution in [0.4, 0.5) is 10.1 Å². The van der Waals surface area contributed by atoms with Gasteiger partial charge in [0.1, 0.15) is 11.2 Å². The molecule has 0 spiro atoms. The molecular weight excluding hydrogens is 331 g/mol. The normalized spacial score (nSPS) is 14.6. The number of amides is 2. The lowest BCUT2D eigenvalue weighted by Gasteiger charge is -2.18. The Kier molecular flexibility index (Phi) is 5.07. The summed E-state index contributed by atoms with van der Waals surface area (Å²) in [6.45, 7) is 4.26. The molecule has 0 saturated heterocycles. The Hall–Kier alpha value is -2.69. The number of rotatable bonds is 6. The van der Waals surface area contributed by atoms with E-state index in [1.165, 1.54) is 12.1 Å². The standard InChI is InChI=1S/C21H23FN2O2/c1-3-16-6-4-5-14(2)18(16)24-20(26)21(11-12-21)19(25)23-13-15-7-9-17(22)10-8-15/h4-10H,3,11-13H2,1-2H3,(H,23,25)(H,24,26). The average Bonchev–Trinajstić information content (AvgIpc) is 3.44. The summed E-state index contributed by atoms with van der Waals surface area (Å²) in [6.07, 6.45) is 1.89. The van der Waals surface area contributed by atoms with Crippen LogP contribution >= 0.6 is 0 Å². The van der Waals surface area contributed by atoms with Gasteiger partial charge in [0, 0.05) is 12.2 Å². The van der Waals surface area contributed by atoms with Crippen LogP contribution in [0.25, 0.3) is 0 Å². The summed E-state index contributed by atoms with van der Waals surface area (Å²) in [5.74, 6) is -0.841. The fourth-order valence-corrected chi connectivity index (χ4v) is 3.07. The first-order chi connectivity index (χ1) is 12.5. The van der Waals surface area contributed by atoms with E-state index in [0.717, 1.165) is 28.8 Å². The highest BCUT2D eigenvalue weighted by Gasteiger charge is 2.56. The summed E-state index contributed by atoms with van der Waals surface area (Å²) in [6, 6.07) is 11.8. The van der Waals surface area contributed by atoms with E-state index in [0.29, 0.717) is 12.8 Å². The number of hydrogen-bond acceptors (Lipinski definition) is 2. The zero-order valence-electron chi connectivity index (χ0n) is 15.1. The van der Waals surface area contributed by atoms with Crippen molar-refractivity contribution in [3.8, 4) is 0 Å². The maximum atomic E-state index is 13.0. The van der Waals surface area contributed by atoms with Crippen molar-refractivity contribution >= 4 is 17.5 Å². The minimum atomic E-state index is -0.993. The lowest BCUT2D eigenvalue weighted by Crippen LogP contribution is -2.39. The van der Waals surface area contributed by atoms with E-state index >= 15 is 0 Å². The number of nitrogens with one attached hydrogen (secondary N) is 2. The monoisotopic (exact) mass is 354 g/mol. The van der Waals surface area contributed by atoms with Crippen molar-refractivity contribution in [3.63, 3.8) is 0 Å². The van der Waals surface area contributed by atoms with Crippen molar-refractivity contribution in [2.75, 3.05) is 5.32 Å². The number of halogens is 1. The van der Waals surface area contributed by atoms with Crippen molar-refractivity contribution in [1.82, 2.24) is 5.32 Å². The molecule has 0 atom stereocenters. The Morgan fingerprint density at radius 2 is 1.77 bits per heavy atom. The van der Waals surface area contributed by atoms with Crippen LogP contribution in [0.1, 0.15) is 36.5 Å². The zero-order chi connectivity index (χ0) is 18.7. The third kappa shape index (κ3) is 3.62. The molecule has 2 N–H and O–H groups in total. The number of para-hydroxylation sites is 1. The predicted molar refractivity (Wildman–Crippen MR) is 99.1 cm³/mol. The summed E-state index contributed by atoms with van der Waals surface area (Å²) in [5, 5.41) is 5.78. The molecule has 0 aromatic heterocycles. The molecule has 1 saturated carbocycles. The molecule has 26 heavy (non-hydrogen) atoms. The molecule has 2 aromatic carbocycles. The highest BCUT2D eigenvalue weighted by atomic mass is 19.1. The molecular formula is C21H23FN2O2. The number of benzene rings is 2. The summed E-state index contributed by atoms with van der Waals surface area (Å²) in [5.41, 5.74) is 2.65. The summed E-state index contributed by atoms with van der Waals surface area (Å²) in [4.78, 5) is 25.4. The first kappa shape index (κ1) is 18.1. The van der Waals surface area contributed by atoms with E-state index in [9.17, 15) is 14.0 Å². The van der Waals surface area contributed by atoms with Gasteiger partial charge in [0.05, 0.1) is 0 Å². The maximum Gasteiger partial charge on any atom is 0.240 e.